The van der Waals surface area contributed by atoms with Gasteiger partial charge in [-0.3, -0.25) is 4.79 Å². The first kappa shape index (κ1) is 30.5. The van der Waals surface area contributed by atoms with Crippen molar-refractivity contribution in [3.8, 4) is 0 Å². The minimum Gasteiger partial charge on any atom is -0.481 e. The molecule has 0 saturated heterocycles. The number of carbonyl (C=O) groups is 1. The minimum absolute atomic E-state index is 0.0104. The molecule has 0 bridgehead atoms. The monoisotopic (exact) mass is 418 g/mol. The molecular formula is C24H50O5. The Morgan fingerprint density at radius 3 is 1.38 bits per heavy atom. The normalized spacial score (nSPS) is 11.9. The summed E-state index contributed by atoms with van der Waals surface area (Å²) in [5.41, 5.74) is 0. The van der Waals surface area contributed by atoms with Crippen molar-refractivity contribution in [2.24, 2.45) is 11.8 Å². The summed E-state index contributed by atoms with van der Waals surface area (Å²) in [5, 5.41) is 34.6. The summed E-state index contributed by atoms with van der Waals surface area (Å²) in [6, 6.07) is 0. The van der Waals surface area contributed by atoms with Gasteiger partial charge in [-0.1, -0.05) is 90.9 Å². The highest BCUT2D eigenvalue weighted by Gasteiger charge is 2.16. The predicted molar refractivity (Wildman–Crippen MR) is 121 cm³/mol. The number of unbranched alkanes of at least 4 members (excludes halogenated alkanes) is 10. The molecule has 0 aliphatic heterocycles. The molecule has 29 heavy (non-hydrogen) atoms. The number of aliphatic hydroxyl groups excluding tert-OH is 3. The zero-order valence-corrected chi connectivity index (χ0v) is 19.3. The van der Waals surface area contributed by atoms with E-state index >= 15 is 0 Å². The topological polar surface area (TPSA) is 98.0 Å². The lowest BCUT2D eigenvalue weighted by Gasteiger charge is -2.12. The van der Waals surface area contributed by atoms with Gasteiger partial charge in [0.15, 0.2) is 0 Å². The van der Waals surface area contributed by atoms with Gasteiger partial charge in [0.1, 0.15) is 0 Å². The Morgan fingerprint density at radius 2 is 1.03 bits per heavy atom. The van der Waals surface area contributed by atoms with E-state index in [2.05, 4.69) is 13.8 Å². The minimum atomic E-state index is -0.577. The maximum absolute atomic E-state index is 11.2. The molecule has 0 heterocycles. The lowest BCUT2D eigenvalue weighted by molar-refractivity contribution is -0.142. The highest BCUT2D eigenvalue weighted by molar-refractivity contribution is 5.69. The Kier molecular flexibility index (Phi) is 26.7. The van der Waals surface area contributed by atoms with Gasteiger partial charge < -0.3 is 20.4 Å². The number of aliphatic hydroxyl groups is 3. The van der Waals surface area contributed by atoms with Crippen molar-refractivity contribution in [1.29, 1.82) is 0 Å². The molecule has 0 aliphatic carbocycles. The third kappa shape index (κ3) is 23.5. The Morgan fingerprint density at radius 1 is 0.621 bits per heavy atom. The van der Waals surface area contributed by atoms with Crippen LogP contribution in [0.5, 0.6) is 0 Å². The van der Waals surface area contributed by atoms with Gasteiger partial charge in [-0.05, 0) is 25.7 Å². The van der Waals surface area contributed by atoms with Crippen LogP contribution in [-0.2, 0) is 4.79 Å². The largest absolute Gasteiger partial charge is 0.481 e. The average Bonchev–Trinajstić information content (AvgIpc) is 2.72. The van der Waals surface area contributed by atoms with Gasteiger partial charge in [0.2, 0.25) is 0 Å². The predicted octanol–water partition coefficient (Wildman–Crippen LogP) is 5.55. The smallest absolute Gasteiger partial charge is 0.306 e. The fourth-order valence-electron chi connectivity index (χ4n) is 3.35. The van der Waals surface area contributed by atoms with Crippen LogP contribution in [0.15, 0.2) is 0 Å². The fraction of sp³-hybridized carbons (Fsp3) is 0.958. The summed E-state index contributed by atoms with van der Waals surface area (Å²) < 4.78 is 0. The molecule has 1 unspecified atom stereocenters. The third-order valence-corrected chi connectivity index (χ3v) is 5.45. The van der Waals surface area contributed by atoms with Gasteiger partial charge >= 0.3 is 5.97 Å². The van der Waals surface area contributed by atoms with Gasteiger partial charge in [0, 0.05) is 25.7 Å². The molecule has 4 N–H and O–H groups in total. The van der Waals surface area contributed by atoms with Crippen molar-refractivity contribution >= 4 is 5.97 Å². The maximum Gasteiger partial charge on any atom is 0.306 e. The average molecular weight is 419 g/mol. The molecule has 176 valence electrons. The van der Waals surface area contributed by atoms with E-state index in [4.69, 9.17) is 15.3 Å². The fourth-order valence-corrected chi connectivity index (χ4v) is 3.35. The van der Waals surface area contributed by atoms with Gasteiger partial charge in [-0.2, -0.15) is 0 Å². The molecular weight excluding hydrogens is 368 g/mol. The molecule has 0 saturated carbocycles. The van der Waals surface area contributed by atoms with E-state index in [0.717, 1.165) is 25.7 Å². The van der Waals surface area contributed by atoms with Crippen LogP contribution < -0.4 is 0 Å². The standard InChI is InChI=1S/C18H36O2.C6H14O3/c1-3-5-7-9-10-12-14-16-17(18(19)20)15-13-11-8-6-4-2;7-3-1-2-6(4-8)5-9/h17H,3-16H2,1-2H3,(H,19,20);6-9H,1-5H2. The van der Waals surface area contributed by atoms with Crippen LogP contribution in [0.1, 0.15) is 117 Å². The zero-order valence-electron chi connectivity index (χ0n) is 19.3. The second kappa shape index (κ2) is 25.4. The Balaban J connectivity index is 0. The van der Waals surface area contributed by atoms with Crippen molar-refractivity contribution in [1.82, 2.24) is 0 Å². The summed E-state index contributed by atoms with van der Waals surface area (Å²) >= 11 is 0. The Bertz CT molecular complexity index is 318. The van der Waals surface area contributed by atoms with Gasteiger partial charge in [0.25, 0.3) is 0 Å². The van der Waals surface area contributed by atoms with Crippen LogP contribution in [0.4, 0.5) is 0 Å². The van der Waals surface area contributed by atoms with Crippen molar-refractivity contribution in [2.45, 2.75) is 117 Å². The van der Waals surface area contributed by atoms with Crippen LogP contribution >= 0.6 is 0 Å². The van der Waals surface area contributed by atoms with Crippen molar-refractivity contribution in [2.75, 3.05) is 19.8 Å². The molecule has 0 rings (SSSR count). The van der Waals surface area contributed by atoms with Crippen molar-refractivity contribution in [3.63, 3.8) is 0 Å². The molecule has 0 aromatic heterocycles. The van der Waals surface area contributed by atoms with E-state index in [1.165, 1.54) is 64.2 Å². The van der Waals surface area contributed by atoms with Crippen LogP contribution in [0, 0.1) is 11.8 Å². The van der Waals surface area contributed by atoms with Crippen LogP contribution in [-0.4, -0.2) is 46.2 Å². The van der Waals surface area contributed by atoms with E-state index < -0.39 is 5.97 Å². The van der Waals surface area contributed by atoms with Crippen molar-refractivity contribution < 1.29 is 25.2 Å². The molecule has 1 atom stereocenters. The Hall–Kier alpha value is -0.650. The van der Waals surface area contributed by atoms with E-state index in [1.807, 2.05) is 0 Å². The number of rotatable bonds is 20. The van der Waals surface area contributed by atoms with Gasteiger partial charge in [-0.25, -0.2) is 0 Å². The number of hydrogen-bond donors (Lipinski definition) is 4. The van der Waals surface area contributed by atoms with Gasteiger partial charge in [-0.15, -0.1) is 0 Å². The molecule has 0 amide bonds. The van der Waals surface area contributed by atoms with E-state index in [0.29, 0.717) is 12.8 Å². The van der Waals surface area contributed by atoms with E-state index in [-0.39, 0.29) is 31.7 Å². The van der Waals surface area contributed by atoms with Crippen LogP contribution in [0.25, 0.3) is 0 Å². The first-order chi connectivity index (χ1) is 14.1. The Labute approximate surface area is 179 Å². The number of aliphatic carboxylic acids is 1. The maximum atomic E-state index is 11.2. The summed E-state index contributed by atoms with van der Waals surface area (Å²) in [7, 11) is 0. The van der Waals surface area contributed by atoms with Crippen LogP contribution in [0.3, 0.4) is 0 Å². The molecule has 0 aromatic rings. The highest BCUT2D eigenvalue weighted by Crippen LogP contribution is 2.19. The first-order valence-corrected chi connectivity index (χ1v) is 12.1. The summed E-state index contributed by atoms with van der Waals surface area (Å²) in [4.78, 5) is 11.2. The molecule has 0 spiro atoms. The van der Waals surface area contributed by atoms with Gasteiger partial charge in [0.05, 0.1) is 5.92 Å². The molecule has 0 fully saturated rings. The number of carboxylic acid groups (broad SMARTS) is 1. The second-order valence-electron chi connectivity index (χ2n) is 8.25. The highest BCUT2D eigenvalue weighted by atomic mass is 16.4. The number of carboxylic acids is 1. The summed E-state index contributed by atoms with van der Waals surface area (Å²) in [5.74, 6) is -0.712. The SMILES string of the molecule is CCCCCCCCCC(CCCCCCC)C(=O)O.OCCCC(CO)CO. The quantitative estimate of drug-likeness (QED) is 0.194. The van der Waals surface area contributed by atoms with E-state index in [1.54, 1.807) is 0 Å². The number of hydrogen-bond acceptors (Lipinski definition) is 4. The summed E-state index contributed by atoms with van der Waals surface area (Å²) in [6.07, 6.45) is 18.1. The summed E-state index contributed by atoms with van der Waals surface area (Å²) in [6.45, 7) is 4.60. The second-order valence-corrected chi connectivity index (χ2v) is 8.25. The molecule has 5 nitrogen and oxygen atoms in total. The zero-order chi connectivity index (χ0) is 22.2. The van der Waals surface area contributed by atoms with E-state index in [9.17, 15) is 9.90 Å². The lowest BCUT2D eigenvalue weighted by Crippen LogP contribution is -2.13. The van der Waals surface area contributed by atoms with Crippen LogP contribution in [0.2, 0.25) is 0 Å². The molecule has 0 aliphatic rings. The first-order valence-electron chi connectivity index (χ1n) is 12.1. The lowest BCUT2D eigenvalue weighted by atomic mass is 9.94. The molecule has 0 radical (unpaired) electrons. The van der Waals surface area contributed by atoms with Crippen molar-refractivity contribution in [3.05, 3.63) is 0 Å². The third-order valence-electron chi connectivity index (χ3n) is 5.45. The molecule has 0 aromatic carbocycles. The molecule has 5 heteroatoms.